The second-order valence-corrected chi connectivity index (χ2v) is 10.3. The van der Waals surface area contributed by atoms with E-state index in [1.165, 1.54) is 22.3 Å². The highest BCUT2D eigenvalue weighted by molar-refractivity contribution is 7.22. The van der Waals surface area contributed by atoms with Gasteiger partial charge in [0.05, 0.1) is 35.0 Å². The van der Waals surface area contributed by atoms with Gasteiger partial charge in [0.2, 0.25) is 0 Å². The Morgan fingerprint density at radius 1 is 1.00 bits per heavy atom. The molecule has 0 saturated carbocycles. The van der Waals surface area contributed by atoms with Gasteiger partial charge in [-0.2, -0.15) is 0 Å². The third kappa shape index (κ3) is 4.67. The molecule has 1 atom stereocenters. The molecule has 2 N–H and O–H groups in total. The molecule has 1 fully saturated rings. The Morgan fingerprint density at radius 3 is 2.56 bits per heavy atom. The Kier molecular flexibility index (Phi) is 6.88. The highest BCUT2D eigenvalue weighted by atomic mass is 32.1. The summed E-state index contributed by atoms with van der Waals surface area (Å²) in [6.45, 7) is 5.19. The molecule has 2 aliphatic rings. The maximum absolute atomic E-state index is 13.6. The number of nitrogens with zero attached hydrogens (tertiary/aromatic N) is 2. The molecule has 0 bridgehead atoms. The number of phenols is 1. The fourth-order valence-electron chi connectivity index (χ4n) is 4.92. The number of Topliss-reactive ketones (excluding diaryl/α,β-unsaturated/α-hetero) is 1. The number of aromatic hydroxyl groups is 1. The van der Waals surface area contributed by atoms with Crippen LogP contribution in [0.4, 0.5) is 5.13 Å². The fourth-order valence-corrected chi connectivity index (χ4v) is 5.94. The highest BCUT2D eigenvalue weighted by Crippen LogP contribution is 2.46. The first-order chi connectivity index (χ1) is 19.9. The number of hydrogen-bond acceptors (Lipinski definition) is 10. The number of aromatic nitrogens is 1. The van der Waals surface area contributed by atoms with Crippen molar-refractivity contribution in [3.63, 3.8) is 0 Å². The molecule has 1 amide bonds. The van der Waals surface area contributed by atoms with Crippen molar-refractivity contribution >= 4 is 44.1 Å². The van der Waals surface area contributed by atoms with Gasteiger partial charge in [-0.3, -0.25) is 14.5 Å². The van der Waals surface area contributed by atoms with Gasteiger partial charge in [0.15, 0.2) is 28.1 Å². The Hall–Kier alpha value is -4.77. The van der Waals surface area contributed by atoms with Crippen LogP contribution in [0, 0.1) is 0 Å². The van der Waals surface area contributed by atoms with Crippen molar-refractivity contribution in [1.82, 2.24) is 4.98 Å². The monoisotopic (exact) mass is 574 g/mol. The molecular formula is C30H26N2O8S. The second-order valence-electron chi connectivity index (χ2n) is 9.25. The quantitative estimate of drug-likeness (QED) is 0.174. The molecule has 3 heterocycles. The normalized spacial score (nSPS) is 17.7. The highest BCUT2D eigenvalue weighted by Gasteiger charge is 2.48. The fraction of sp³-hybridized carbons (Fsp3) is 0.233. The van der Waals surface area contributed by atoms with Gasteiger partial charge in [0.25, 0.3) is 5.78 Å². The summed E-state index contributed by atoms with van der Waals surface area (Å²) in [6, 6.07) is 13.7. The van der Waals surface area contributed by atoms with Gasteiger partial charge in [-0.15, -0.1) is 0 Å². The molecule has 41 heavy (non-hydrogen) atoms. The third-order valence-corrected chi connectivity index (χ3v) is 7.74. The molecule has 0 radical (unpaired) electrons. The number of benzene rings is 3. The summed E-state index contributed by atoms with van der Waals surface area (Å²) in [6.07, 6.45) is 0. The predicted octanol–water partition coefficient (Wildman–Crippen LogP) is 5.20. The summed E-state index contributed by atoms with van der Waals surface area (Å²) in [5, 5.41) is 22.2. The van der Waals surface area contributed by atoms with E-state index in [2.05, 4.69) is 4.98 Å². The van der Waals surface area contributed by atoms with Gasteiger partial charge in [0.1, 0.15) is 24.7 Å². The number of thiazole rings is 1. The number of ether oxygens (including phenoxy) is 4. The van der Waals surface area contributed by atoms with Crippen molar-refractivity contribution in [2.75, 3.05) is 31.3 Å². The third-order valence-electron chi connectivity index (χ3n) is 6.73. The maximum Gasteiger partial charge on any atom is 0.301 e. The molecule has 210 valence electrons. The van der Waals surface area contributed by atoms with Crippen LogP contribution in [0.2, 0.25) is 0 Å². The van der Waals surface area contributed by atoms with Crippen molar-refractivity contribution in [1.29, 1.82) is 0 Å². The van der Waals surface area contributed by atoms with Crippen molar-refractivity contribution in [2.24, 2.45) is 0 Å². The van der Waals surface area contributed by atoms with Crippen LogP contribution in [-0.4, -0.2) is 53.3 Å². The van der Waals surface area contributed by atoms with Gasteiger partial charge >= 0.3 is 5.91 Å². The number of amides is 1. The van der Waals surface area contributed by atoms with Crippen LogP contribution in [0.5, 0.6) is 28.7 Å². The van der Waals surface area contributed by atoms with Gasteiger partial charge < -0.3 is 29.2 Å². The first-order valence-corrected chi connectivity index (χ1v) is 13.9. The minimum absolute atomic E-state index is 0.0946. The van der Waals surface area contributed by atoms with Crippen LogP contribution >= 0.6 is 11.3 Å². The zero-order chi connectivity index (χ0) is 28.7. The van der Waals surface area contributed by atoms with Gasteiger partial charge in [-0.1, -0.05) is 17.4 Å². The van der Waals surface area contributed by atoms with Crippen LogP contribution in [0.1, 0.15) is 31.0 Å². The molecule has 4 aromatic rings. The Balaban J connectivity index is 1.53. The van der Waals surface area contributed by atoms with E-state index in [-0.39, 0.29) is 40.1 Å². The summed E-state index contributed by atoms with van der Waals surface area (Å²) in [7, 11) is 0. The van der Waals surface area contributed by atoms with Crippen molar-refractivity contribution in [3.05, 3.63) is 71.3 Å². The van der Waals surface area contributed by atoms with E-state index in [0.29, 0.717) is 48.1 Å². The number of ketones is 1. The average molecular weight is 575 g/mol. The molecule has 1 unspecified atom stereocenters. The minimum Gasteiger partial charge on any atom is -0.507 e. The van der Waals surface area contributed by atoms with Gasteiger partial charge in [-0.25, -0.2) is 4.98 Å². The summed E-state index contributed by atoms with van der Waals surface area (Å²) in [5.74, 6) is -0.405. The number of aliphatic hydroxyl groups excluding tert-OH is 1. The van der Waals surface area contributed by atoms with Crippen LogP contribution in [0.3, 0.4) is 0 Å². The number of aliphatic hydroxyl groups is 1. The van der Waals surface area contributed by atoms with E-state index >= 15 is 0 Å². The van der Waals surface area contributed by atoms with E-state index in [9.17, 15) is 19.8 Å². The second kappa shape index (κ2) is 10.7. The lowest BCUT2D eigenvalue weighted by Gasteiger charge is -2.24. The molecular weight excluding hydrogens is 548 g/mol. The van der Waals surface area contributed by atoms with E-state index in [1.807, 2.05) is 13.0 Å². The zero-order valence-electron chi connectivity index (χ0n) is 22.2. The largest absolute Gasteiger partial charge is 0.507 e. The first kappa shape index (κ1) is 26.5. The molecule has 10 nitrogen and oxygen atoms in total. The maximum atomic E-state index is 13.6. The van der Waals surface area contributed by atoms with E-state index < -0.39 is 17.7 Å². The lowest BCUT2D eigenvalue weighted by Crippen LogP contribution is -2.29. The molecule has 1 aromatic heterocycles. The van der Waals surface area contributed by atoms with E-state index in [4.69, 9.17) is 18.9 Å². The Labute approximate surface area is 239 Å². The van der Waals surface area contributed by atoms with E-state index in [1.54, 1.807) is 49.4 Å². The topological polar surface area (TPSA) is 128 Å². The van der Waals surface area contributed by atoms with Crippen molar-refractivity contribution in [3.8, 4) is 28.7 Å². The number of hydrogen-bond donors (Lipinski definition) is 2. The summed E-state index contributed by atoms with van der Waals surface area (Å²) < 4.78 is 23.2. The number of rotatable bonds is 7. The molecule has 6 rings (SSSR count). The number of fused-ring (bicyclic) bond motifs is 2. The van der Waals surface area contributed by atoms with Crippen LogP contribution in [0.25, 0.3) is 16.0 Å². The minimum atomic E-state index is -1.06. The summed E-state index contributed by atoms with van der Waals surface area (Å²) >= 11 is 1.22. The van der Waals surface area contributed by atoms with Crippen LogP contribution < -0.4 is 23.8 Å². The smallest absolute Gasteiger partial charge is 0.301 e. The molecule has 0 aliphatic carbocycles. The van der Waals surface area contributed by atoms with E-state index in [0.717, 1.165) is 4.70 Å². The predicted molar refractivity (Wildman–Crippen MR) is 152 cm³/mol. The summed E-state index contributed by atoms with van der Waals surface area (Å²) in [5.41, 5.74) is 1.22. The van der Waals surface area contributed by atoms with Gasteiger partial charge in [0, 0.05) is 5.56 Å². The van der Waals surface area contributed by atoms with Crippen molar-refractivity contribution < 1.29 is 38.7 Å². The zero-order valence-corrected chi connectivity index (χ0v) is 23.1. The number of phenolic OH excluding ortho intramolecular Hbond substituents is 1. The van der Waals surface area contributed by atoms with Crippen LogP contribution in [0.15, 0.2) is 60.2 Å². The molecule has 0 spiro atoms. The lowest BCUT2D eigenvalue weighted by atomic mass is 9.95. The van der Waals surface area contributed by atoms with Crippen LogP contribution in [-0.2, 0) is 9.59 Å². The standard InChI is InChI=1S/C30H26N2O8S/c1-3-37-18-7-8-19-24(15-18)41-30(31-19)32-26(16-5-9-20(33)22(13-16)38-4-2)25(28(35)29(32)36)27(34)17-6-10-21-23(14-17)40-12-11-39-21/h5-10,13-15,26,33-34H,3-4,11-12H2,1-2H3/b27-25+. The van der Waals surface area contributed by atoms with Crippen molar-refractivity contribution in [2.45, 2.75) is 19.9 Å². The number of carbonyl (C=O) groups is 2. The number of carbonyl (C=O) groups excluding carboxylic acids is 2. The molecule has 3 aromatic carbocycles. The first-order valence-electron chi connectivity index (χ1n) is 13.1. The Bertz CT molecular complexity index is 1710. The average Bonchev–Trinajstić information content (AvgIpc) is 3.51. The SMILES string of the molecule is CCOc1ccc2nc(N3C(=O)C(=O)/C(=C(/O)c4ccc5c(c4)OCCO5)C3c3ccc(O)c(OCC)c3)sc2c1. The Morgan fingerprint density at radius 2 is 1.78 bits per heavy atom. The van der Waals surface area contributed by atoms with Gasteiger partial charge in [-0.05, 0) is 67.9 Å². The molecule has 1 saturated heterocycles. The lowest BCUT2D eigenvalue weighted by molar-refractivity contribution is -0.132. The molecule has 2 aliphatic heterocycles. The molecule has 11 heteroatoms. The summed E-state index contributed by atoms with van der Waals surface area (Å²) in [4.78, 5) is 33.2. The number of anilines is 1.